The minimum absolute atomic E-state index is 0.0185. The van der Waals surface area contributed by atoms with E-state index in [-0.39, 0.29) is 5.91 Å². The molecule has 0 atom stereocenters. The highest BCUT2D eigenvalue weighted by molar-refractivity contribution is 6.02. The zero-order valence-electron chi connectivity index (χ0n) is 14.8. The van der Waals surface area contributed by atoms with Crippen molar-refractivity contribution < 1.29 is 4.79 Å². The SMILES string of the molecule is CCN(C)C(=O)c1cc(-c2ccn(-c3ccccc3)n2)n2ccccc12. The minimum atomic E-state index is 0.0185. The van der Waals surface area contributed by atoms with E-state index in [1.54, 1.807) is 4.90 Å². The Balaban J connectivity index is 1.83. The lowest BCUT2D eigenvalue weighted by Crippen LogP contribution is -2.25. The second-order valence-electron chi connectivity index (χ2n) is 6.20. The normalized spacial score (nSPS) is 11.0. The van der Waals surface area contributed by atoms with Crippen LogP contribution in [0.15, 0.2) is 73.1 Å². The van der Waals surface area contributed by atoms with Gasteiger partial charge in [0.25, 0.3) is 5.91 Å². The molecule has 0 spiro atoms. The molecule has 5 heteroatoms. The van der Waals surface area contributed by atoms with Crippen LogP contribution in [0.3, 0.4) is 0 Å². The van der Waals surface area contributed by atoms with Crippen molar-refractivity contribution in [1.29, 1.82) is 0 Å². The van der Waals surface area contributed by atoms with Crippen LogP contribution in [0.5, 0.6) is 0 Å². The van der Waals surface area contributed by atoms with Crippen molar-refractivity contribution >= 4 is 11.4 Å². The molecule has 4 rings (SSSR count). The first kappa shape index (κ1) is 16.1. The fraction of sp³-hybridized carbons (Fsp3) is 0.143. The van der Waals surface area contributed by atoms with Gasteiger partial charge < -0.3 is 9.30 Å². The molecule has 0 saturated carbocycles. The van der Waals surface area contributed by atoms with Crippen molar-refractivity contribution in [2.24, 2.45) is 0 Å². The Hall–Kier alpha value is -3.34. The third kappa shape index (κ3) is 2.67. The highest BCUT2D eigenvalue weighted by Crippen LogP contribution is 2.26. The van der Waals surface area contributed by atoms with Gasteiger partial charge in [0.15, 0.2) is 0 Å². The largest absolute Gasteiger partial charge is 0.342 e. The van der Waals surface area contributed by atoms with Crippen molar-refractivity contribution in [2.75, 3.05) is 13.6 Å². The van der Waals surface area contributed by atoms with E-state index >= 15 is 0 Å². The molecule has 0 N–H and O–H groups in total. The zero-order valence-corrected chi connectivity index (χ0v) is 14.8. The van der Waals surface area contributed by atoms with Crippen molar-refractivity contribution in [3.05, 3.63) is 78.6 Å². The monoisotopic (exact) mass is 344 g/mol. The van der Waals surface area contributed by atoms with Crippen LogP contribution in [0.1, 0.15) is 17.3 Å². The predicted molar refractivity (Wildman–Crippen MR) is 103 cm³/mol. The molecule has 0 aliphatic carbocycles. The van der Waals surface area contributed by atoms with Gasteiger partial charge in [-0.2, -0.15) is 5.10 Å². The molecule has 0 fully saturated rings. The molecule has 0 bridgehead atoms. The molecule has 5 nitrogen and oxygen atoms in total. The summed E-state index contributed by atoms with van der Waals surface area (Å²) >= 11 is 0. The van der Waals surface area contributed by atoms with Gasteiger partial charge in [0, 0.05) is 26.0 Å². The van der Waals surface area contributed by atoms with Crippen molar-refractivity contribution in [2.45, 2.75) is 6.92 Å². The average Bonchev–Trinajstić information content (AvgIpc) is 3.32. The third-order valence-electron chi connectivity index (χ3n) is 4.60. The molecule has 1 amide bonds. The Kier molecular flexibility index (Phi) is 4.05. The number of carbonyl (C=O) groups is 1. The number of rotatable bonds is 4. The fourth-order valence-electron chi connectivity index (χ4n) is 3.06. The van der Waals surface area contributed by atoms with Crippen molar-refractivity contribution in [3.8, 4) is 17.1 Å². The Bertz CT molecular complexity index is 1060. The van der Waals surface area contributed by atoms with Gasteiger partial charge >= 0.3 is 0 Å². The summed E-state index contributed by atoms with van der Waals surface area (Å²) in [4.78, 5) is 14.5. The van der Waals surface area contributed by atoms with Gasteiger partial charge in [-0.05, 0) is 43.3 Å². The summed E-state index contributed by atoms with van der Waals surface area (Å²) in [7, 11) is 1.82. The summed E-state index contributed by atoms with van der Waals surface area (Å²) in [5, 5.41) is 4.71. The van der Waals surface area contributed by atoms with Gasteiger partial charge in [-0.3, -0.25) is 4.79 Å². The zero-order chi connectivity index (χ0) is 18.1. The van der Waals surface area contributed by atoms with Gasteiger partial charge in [0.2, 0.25) is 0 Å². The van der Waals surface area contributed by atoms with Crippen LogP contribution in [0, 0.1) is 0 Å². The molecule has 130 valence electrons. The molecule has 1 aromatic carbocycles. The smallest absolute Gasteiger partial charge is 0.255 e. The summed E-state index contributed by atoms with van der Waals surface area (Å²) < 4.78 is 3.87. The maximum atomic E-state index is 12.7. The minimum Gasteiger partial charge on any atom is -0.342 e. The molecule has 4 aromatic rings. The molecule has 3 aromatic heterocycles. The number of pyridine rings is 1. The number of aromatic nitrogens is 3. The highest BCUT2D eigenvalue weighted by atomic mass is 16.2. The molecule has 0 radical (unpaired) electrons. The quantitative estimate of drug-likeness (QED) is 0.564. The lowest BCUT2D eigenvalue weighted by Gasteiger charge is -2.13. The third-order valence-corrected chi connectivity index (χ3v) is 4.60. The Morgan fingerprint density at radius 3 is 2.58 bits per heavy atom. The topological polar surface area (TPSA) is 42.5 Å². The van der Waals surface area contributed by atoms with Crippen LogP contribution in [0.2, 0.25) is 0 Å². The van der Waals surface area contributed by atoms with Crippen molar-refractivity contribution in [3.63, 3.8) is 0 Å². The summed E-state index contributed by atoms with van der Waals surface area (Å²) in [6.45, 7) is 2.64. The van der Waals surface area contributed by atoms with Crippen LogP contribution >= 0.6 is 0 Å². The van der Waals surface area contributed by atoms with Crippen LogP contribution in [-0.2, 0) is 0 Å². The molecule has 0 unspecified atom stereocenters. The van der Waals surface area contributed by atoms with Crippen molar-refractivity contribution in [1.82, 2.24) is 19.1 Å². The lowest BCUT2D eigenvalue weighted by molar-refractivity contribution is 0.0804. The van der Waals surface area contributed by atoms with E-state index in [1.165, 1.54) is 0 Å². The van der Waals surface area contributed by atoms with Gasteiger partial charge in [0.1, 0.15) is 5.69 Å². The second kappa shape index (κ2) is 6.52. The number of benzene rings is 1. The summed E-state index contributed by atoms with van der Waals surface area (Å²) in [5.41, 5.74) is 4.32. The Morgan fingerprint density at radius 1 is 1.04 bits per heavy atom. The summed E-state index contributed by atoms with van der Waals surface area (Å²) in [5.74, 6) is 0.0185. The number of hydrogen-bond acceptors (Lipinski definition) is 2. The molecular weight excluding hydrogens is 324 g/mol. The highest BCUT2D eigenvalue weighted by Gasteiger charge is 2.19. The molecule has 0 saturated heterocycles. The second-order valence-corrected chi connectivity index (χ2v) is 6.20. The fourth-order valence-corrected chi connectivity index (χ4v) is 3.06. The van der Waals surface area contributed by atoms with Gasteiger partial charge in [-0.15, -0.1) is 0 Å². The lowest BCUT2D eigenvalue weighted by atomic mass is 10.2. The van der Waals surface area contributed by atoms with E-state index in [2.05, 4.69) is 0 Å². The number of nitrogens with zero attached hydrogens (tertiary/aromatic N) is 4. The van der Waals surface area contributed by atoms with Crippen LogP contribution in [0.4, 0.5) is 0 Å². The van der Waals surface area contributed by atoms with E-state index in [0.717, 1.165) is 22.6 Å². The van der Waals surface area contributed by atoms with E-state index < -0.39 is 0 Å². The van der Waals surface area contributed by atoms with Crippen LogP contribution < -0.4 is 0 Å². The van der Waals surface area contributed by atoms with E-state index in [0.29, 0.717) is 12.1 Å². The predicted octanol–water partition coefficient (Wildman–Crippen LogP) is 3.88. The molecule has 3 heterocycles. The Morgan fingerprint density at radius 2 is 1.81 bits per heavy atom. The van der Waals surface area contributed by atoms with Gasteiger partial charge in [-0.25, -0.2) is 4.68 Å². The number of para-hydroxylation sites is 1. The van der Waals surface area contributed by atoms with E-state index in [4.69, 9.17) is 5.10 Å². The van der Waals surface area contributed by atoms with Gasteiger partial charge in [0.05, 0.1) is 22.5 Å². The van der Waals surface area contributed by atoms with Crippen LogP contribution in [0.25, 0.3) is 22.6 Å². The molecule has 26 heavy (non-hydrogen) atoms. The summed E-state index contributed by atoms with van der Waals surface area (Å²) in [6.07, 6.45) is 3.90. The van der Waals surface area contributed by atoms with E-state index in [9.17, 15) is 4.79 Å². The maximum absolute atomic E-state index is 12.7. The first-order valence-electron chi connectivity index (χ1n) is 8.66. The number of fused-ring (bicyclic) bond motifs is 1. The standard InChI is InChI=1S/C21H20N4O/c1-3-23(2)21(26)17-15-20(24-13-8-7-11-19(17)24)18-12-14-25(22-18)16-9-5-4-6-10-16/h4-15H,3H2,1-2H3. The first-order valence-corrected chi connectivity index (χ1v) is 8.66. The first-order chi connectivity index (χ1) is 12.7. The number of carbonyl (C=O) groups excluding carboxylic acids is 1. The average molecular weight is 344 g/mol. The van der Waals surface area contributed by atoms with Gasteiger partial charge in [-0.1, -0.05) is 24.3 Å². The number of hydrogen-bond donors (Lipinski definition) is 0. The van der Waals surface area contributed by atoms with Crippen LogP contribution in [-0.4, -0.2) is 38.6 Å². The van der Waals surface area contributed by atoms with E-state index in [1.807, 2.05) is 96.1 Å². The maximum Gasteiger partial charge on any atom is 0.255 e. The summed E-state index contributed by atoms with van der Waals surface area (Å²) in [6, 6.07) is 19.8. The molecule has 0 aliphatic heterocycles. The molecular formula is C21H20N4O. The number of amides is 1. The molecule has 0 aliphatic rings. The Labute approximate surface area is 152 Å².